The van der Waals surface area contributed by atoms with E-state index >= 15 is 0 Å². The first-order valence-electron chi connectivity index (χ1n) is 9.76. The number of hydrogen-bond acceptors (Lipinski definition) is 3. The molecule has 0 atom stereocenters. The van der Waals surface area contributed by atoms with E-state index in [1.165, 1.54) is 90.9 Å². The molecule has 130 valence electrons. The Morgan fingerprint density at radius 1 is 0.818 bits per heavy atom. The van der Waals surface area contributed by atoms with Gasteiger partial charge in [-0.3, -0.25) is 4.90 Å². The van der Waals surface area contributed by atoms with Crippen LogP contribution < -0.4 is 0 Å². The second kappa shape index (κ2) is 9.89. The molecule has 3 heteroatoms. The Labute approximate surface area is 139 Å². The van der Waals surface area contributed by atoms with Gasteiger partial charge in [0, 0.05) is 39.3 Å². The van der Waals surface area contributed by atoms with Crippen molar-refractivity contribution < 1.29 is 0 Å². The van der Waals surface area contributed by atoms with Gasteiger partial charge in [0.15, 0.2) is 0 Å². The summed E-state index contributed by atoms with van der Waals surface area (Å²) < 4.78 is 0. The van der Waals surface area contributed by atoms with Gasteiger partial charge in [-0.1, -0.05) is 39.5 Å². The number of piperazine rings is 1. The molecule has 0 amide bonds. The highest BCUT2D eigenvalue weighted by molar-refractivity contribution is 4.75. The summed E-state index contributed by atoms with van der Waals surface area (Å²) in [6.07, 6.45) is 8.71. The van der Waals surface area contributed by atoms with E-state index in [1.807, 2.05) is 0 Å². The summed E-state index contributed by atoms with van der Waals surface area (Å²) in [5.41, 5.74) is 0. The minimum Gasteiger partial charge on any atom is -0.304 e. The lowest BCUT2D eigenvalue weighted by molar-refractivity contribution is 0.118. The average molecular weight is 310 g/mol. The lowest BCUT2D eigenvalue weighted by Crippen LogP contribution is -2.47. The van der Waals surface area contributed by atoms with E-state index in [1.54, 1.807) is 0 Å². The van der Waals surface area contributed by atoms with E-state index in [2.05, 4.69) is 35.6 Å². The first kappa shape index (κ1) is 18.2. The van der Waals surface area contributed by atoms with Gasteiger partial charge >= 0.3 is 0 Å². The zero-order chi connectivity index (χ0) is 15.8. The van der Waals surface area contributed by atoms with Gasteiger partial charge in [0.1, 0.15) is 0 Å². The quantitative estimate of drug-likeness (QED) is 0.638. The van der Waals surface area contributed by atoms with Gasteiger partial charge in [-0.05, 0) is 44.8 Å². The SMILES string of the molecule is CC(C)CCCCC1CCN(CCN2CCN(C)CC2)CC1. The number of hydrogen-bond donors (Lipinski definition) is 0. The molecular weight excluding hydrogens is 270 g/mol. The monoisotopic (exact) mass is 309 g/mol. The molecule has 0 unspecified atom stereocenters. The maximum absolute atomic E-state index is 2.71. The molecule has 2 aliphatic rings. The fraction of sp³-hybridized carbons (Fsp3) is 1.00. The van der Waals surface area contributed by atoms with Crippen molar-refractivity contribution in [2.75, 3.05) is 59.4 Å². The van der Waals surface area contributed by atoms with E-state index < -0.39 is 0 Å². The summed E-state index contributed by atoms with van der Waals surface area (Å²) in [5, 5.41) is 0. The molecule has 2 fully saturated rings. The number of likely N-dealkylation sites (tertiary alicyclic amines) is 1. The van der Waals surface area contributed by atoms with Crippen LogP contribution in [0.4, 0.5) is 0 Å². The standard InChI is InChI=1S/C19H39N3/c1-18(2)6-4-5-7-19-8-10-21(11-9-19)16-17-22-14-12-20(3)13-15-22/h18-19H,4-17H2,1-3H3. The lowest BCUT2D eigenvalue weighted by Gasteiger charge is -2.36. The van der Waals surface area contributed by atoms with Crippen LogP contribution in [0.2, 0.25) is 0 Å². The van der Waals surface area contributed by atoms with Crippen LogP contribution >= 0.6 is 0 Å². The van der Waals surface area contributed by atoms with Gasteiger partial charge in [-0.15, -0.1) is 0 Å². The Bertz CT molecular complexity index is 276. The third kappa shape index (κ3) is 6.97. The fourth-order valence-corrected chi connectivity index (χ4v) is 3.84. The van der Waals surface area contributed by atoms with Crippen LogP contribution in [0.1, 0.15) is 52.4 Å². The predicted octanol–water partition coefficient (Wildman–Crippen LogP) is 3.16. The third-order valence-corrected chi connectivity index (χ3v) is 5.68. The molecule has 0 spiro atoms. The zero-order valence-corrected chi connectivity index (χ0v) is 15.4. The molecule has 2 rings (SSSR count). The Morgan fingerprint density at radius 3 is 2.00 bits per heavy atom. The second-order valence-electron chi connectivity index (χ2n) is 8.11. The lowest BCUT2D eigenvalue weighted by atomic mass is 9.90. The average Bonchev–Trinajstić information content (AvgIpc) is 2.52. The first-order valence-corrected chi connectivity index (χ1v) is 9.76. The molecule has 0 aromatic heterocycles. The maximum Gasteiger partial charge on any atom is 0.0110 e. The minimum absolute atomic E-state index is 0.886. The largest absolute Gasteiger partial charge is 0.304 e. The van der Waals surface area contributed by atoms with Crippen LogP contribution in [-0.2, 0) is 0 Å². The fourth-order valence-electron chi connectivity index (χ4n) is 3.84. The molecule has 0 radical (unpaired) electrons. The Balaban J connectivity index is 1.50. The number of likely N-dealkylation sites (N-methyl/N-ethyl adjacent to an activating group) is 1. The number of rotatable bonds is 8. The second-order valence-corrected chi connectivity index (χ2v) is 8.11. The van der Waals surface area contributed by atoms with Crippen LogP contribution in [0.25, 0.3) is 0 Å². The number of nitrogens with zero attached hydrogens (tertiary/aromatic N) is 3. The molecular formula is C19H39N3. The number of piperidine rings is 1. The highest BCUT2D eigenvalue weighted by Gasteiger charge is 2.20. The van der Waals surface area contributed by atoms with Crippen molar-refractivity contribution in [2.24, 2.45) is 11.8 Å². The molecule has 0 N–H and O–H groups in total. The summed E-state index contributed by atoms with van der Waals surface area (Å²) in [4.78, 5) is 7.81. The first-order chi connectivity index (χ1) is 10.6. The van der Waals surface area contributed by atoms with E-state index in [-0.39, 0.29) is 0 Å². The summed E-state index contributed by atoms with van der Waals surface area (Å²) in [7, 11) is 2.24. The van der Waals surface area contributed by atoms with E-state index in [0.29, 0.717) is 0 Å². The molecule has 0 bridgehead atoms. The molecule has 0 aromatic carbocycles. The summed E-state index contributed by atoms with van der Waals surface area (Å²) in [5.74, 6) is 1.91. The topological polar surface area (TPSA) is 9.72 Å². The van der Waals surface area contributed by atoms with Crippen LogP contribution in [0, 0.1) is 11.8 Å². The van der Waals surface area contributed by atoms with E-state index in [4.69, 9.17) is 0 Å². The third-order valence-electron chi connectivity index (χ3n) is 5.68. The van der Waals surface area contributed by atoms with Crippen LogP contribution in [0.3, 0.4) is 0 Å². The highest BCUT2D eigenvalue weighted by Crippen LogP contribution is 2.23. The highest BCUT2D eigenvalue weighted by atomic mass is 15.3. The Kier molecular flexibility index (Phi) is 8.19. The van der Waals surface area contributed by atoms with Gasteiger partial charge in [-0.2, -0.15) is 0 Å². The molecule has 22 heavy (non-hydrogen) atoms. The van der Waals surface area contributed by atoms with Crippen molar-refractivity contribution in [3.63, 3.8) is 0 Å². The molecule has 2 aliphatic heterocycles. The predicted molar refractivity (Wildman–Crippen MR) is 96.4 cm³/mol. The van der Waals surface area contributed by atoms with Gasteiger partial charge in [-0.25, -0.2) is 0 Å². The van der Waals surface area contributed by atoms with Gasteiger partial charge in [0.25, 0.3) is 0 Å². The summed E-state index contributed by atoms with van der Waals surface area (Å²) >= 11 is 0. The Morgan fingerprint density at radius 2 is 1.41 bits per heavy atom. The molecule has 2 saturated heterocycles. The smallest absolute Gasteiger partial charge is 0.0110 e. The molecule has 3 nitrogen and oxygen atoms in total. The van der Waals surface area contributed by atoms with Crippen molar-refractivity contribution in [1.82, 2.24) is 14.7 Å². The van der Waals surface area contributed by atoms with Crippen molar-refractivity contribution in [3.05, 3.63) is 0 Å². The Hall–Kier alpha value is -0.120. The van der Waals surface area contributed by atoms with Crippen molar-refractivity contribution in [1.29, 1.82) is 0 Å². The van der Waals surface area contributed by atoms with E-state index in [0.717, 1.165) is 11.8 Å². The summed E-state index contributed by atoms with van der Waals surface area (Å²) in [6.45, 7) is 15.0. The van der Waals surface area contributed by atoms with Crippen LogP contribution in [0.5, 0.6) is 0 Å². The van der Waals surface area contributed by atoms with E-state index in [9.17, 15) is 0 Å². The normalized spacial score (nSPS) is 23.5. The molecule has 0 aliphatic carbocycles. The van der Waals surface area contributed by atoms with Gasteiger partial charge in [0.2, 0.25) is 0 Å². The van der Waals surface area contributed by atoms with Gasteiger partial charge in [0.05, 0.1) is 0 Å². The molecule has 2 heterocycles. The zero-order valence-electron chi connectivity index (χ0n) is 15.4. The maximum atomic E-state index is 2.71. The molecule has 0 saturated carbocycles. The molecule has 0 aromatic rings. The van der Waals surface area contributed by atoms with Crippen molar-refractivity contribution >= 4 is 0 Å². The number of unbranched alkanes of at least 4 members (excludes halogenated alkanes) is 1. The van der Waals surface area contributed by atoms with Crippen molar-refractivity contribution in [2.45, 2.75) is 52.4 Å². The van der Waals surface area contributed by atoms with Crippen LogP contribution in [-0.4, -0.2) is 74.1 Å². The van der Waals surface area contributed by atoms with Crippen molar-refractivity contribution in [3.8, 4) is 0 Å². The van der Waals surface area contributed by atoms with Crippen LogP contribution in [0.15, 0.2) is 0 Å². The summed E-state index contributed by atoms with van der Waals surface area (Å²) in [6, 6.07) is 0. The van der Waals surface area contributed by atoms with Gasteiger partial charge < -0.3 is 9.80 Å². The minimum atomic E-state index is 0.886.